The molecule has 164 valence electrons. The van der Waals surface area contributed by atoms with E-state index in [4.69, 9.17) is 21.1 Å². The molecule has 1 N–H and O–H groups in total. The van der Waals surface area contributed by atoms with Crippen LogP contribution in [0, 0.1) is 0 Å². The monoisotopic (exact) mass is 468 g/mol. The van der Waals surface area contributed by atoms with Crippen LogP contribution >= 0.6 is 23.4 Å². The predicted octanol–water partition coefficient (Wildman–Crippen LogP) is 5.19. The van der Waals surface area contributed by atoms with Crippen LogP contribution in [0.3, 0.4) is 0 Å². The van der Waals surface area contributed by atoms with Crippen LogP contribution in [-0.4, -0.2) is 40.0 Å². The van der Waals surface area contributed by atoms with Gasteiger partial charge in [-0.05, 0) is 55.5 Å². The summed E-state index contributed by atoms with van der Waals surface area (Å²) in [5.41, 5.74) is 3.24. The van der Waals surface area contributed by atoms with Crippen molar-refractivity contribution < 1.29 is 14.3 Å². The van der Waals surface area contributed by atoms with E-state index in [1.54, 1.807) is 42.2 Å². The second kappa shape index (κ2) is 9.93. The van der Waals surface area contributed by atoms with Crippen molar-refractivity contribution in [1.29, 1.82) is 0 Å². The molecule has 0 aliphatic carbocycles. The molecule has 32 heavy (non-hydrogen) atoms. The van der Waals surface area contributed by atoms with Gasteiger partial charge in [0.25, 0.3) is 0 Å². The lowest BCUT2D eigenvalue weighted by Crippen LogP contribution is -2.14. The molecule has 9 heteroatoms. The third-order valence-corrected chi connectivity index (χ3v) is 5.88. The Hall–Kier alpha value is -3.23. The molecule has 2 aromatic carbocycles. The molecule has 0 bridgehead atoms. The zero-order valence-corrected chi connectivity index (χ0v) is 19.1. The summed E-state index contributed by atoms with van der Waals surface area (Å²) in [5.74, 6) is 1.41. The quantitative estimate of drug-likeness (QED) is 0.359. The van der Waals surface area contributed by atoms with Gasteiger partial charge in [-0.2, -0.15) is 5.10 Å². The number of anilines is 1. The Morgan fingerprint density at radius 1 is 1.19 bits per heavy atom. The number of hydrogen-bond acceptors (Lipinski definition) is 6. The summed E-state index contributed by atoms with van der Waals surface area (Å²) in [6.07, 6.45) is 3.46. The maximum Gasteiger partial charge on any atom is 0.234 e. The molecule has 7 nitrogen and oxygen atoms in total. The molecule has 0 aliphatic heterocycles. The van der Waals surface area contributed by atoms with Crippen LogP contribution in [0.4, 0.5) is 5.69 Å². The van der Waals surface area contributed by atoms with Crippen molar-refractivity contribution in [2.24, 2.45) is 0 Å². The molecule has 0 saturated heterocycles. The largest absolute Gasteiger partial charge is 0.495 e. The second-order valence-electron chi connectivity index (χ2n) is 6.74. The Morgan fingerprint density at radius 3 is 2.72 bits per heavy atom. The van der Waals surface area contributed by atoms with E-state index in [-0.39, 0.29) is 11.7 Å². The Bertz CT molecular complexity index is 1240. The zero-order valence-electron chi connectivity index (χ0n) is 17.5. The van der Waals surface area contributed by atoms with Crippen LogP contribution in [0.1, 0.15) is 6.92 Å². The SMILES string of the molecule is CCOc1ccc(-c2cc3c(SCC(=O)Nc4ccc(OC)c(Cl)c4)nccn3n2)cc1. The molecule has 2 heterocycles. The van der Waals surface area contributed by atoms with E-state index in [2.05, 4.69) is 15.4 Å². The molecular weight excluding hydrogens is 448 g/mol. The molecule has 0 spiro atoms. The minimum Gasteiger partial charge on any atom is -0.495 e. The van der Waals surface area contributed by atoms with E-state index < -0.39 is 0 Å². The first-order valence-corrected chi connectivity index (χ1v) is 11.3. The van der Waals surface area contributed by atoms with Gasteiger partial charge >= 0.3 is 0 Å². The lowest BCUT2D eigenvalue weighted by molar-refractivity contribution is -0.113. The molecule has 0 atom stereocenters. The Kier molecular flexibility index (Phi) is 6.82. The van der Waals surface area contributed by atoms with Gasteiger partial charge in [0.2, 0.25) is 5.91 Å². The maximum atomic E-state index is 12.4. The summed E-state index contributed by atoms with van der Waals surface area (Å²) in [7, 11) is 1.54. The van der Waals surface area contributed by atoms with Crippen molar-refractivity contribution in [3.63, 3.8) is 0 Å². The summed E-state index contributed by atoms with van der Waals surface area (Å²) in [5, 5.41) is 8.63. The first kappa shape index (κ1) is 22.0. The summed E-state index contributed by atoms with van der Waals surface area (Å²) < 4.78 is 12.4. The molecule has 0 saturated carbocycles. The highest BCUT2D eigenvalue weighted by Crippen LogP contribution is 2.29. The average molecular weight is 469 g/mol. The number of carbonyl (C=O) groups is 1. The highest BCUT2D eigenvalue weighted by atomic mass is 35.5. The van der Waals surface area contributed by atoms with Gasteiger partial charge in [-0.15, -0.1) is 0 Å². The summed E-state index contributed by atoms with van der Waals surface area (Å²) in [6, 6.07) is 14.9. The van der Waals surface area contributed by atoms with Gasteiger partial charge in [-0.1, -0.05) is 23.4 Å². The van der Waals surface area contributed by atoms with Gasteiger partial charge in [0, 0.05) is 23.6 Å². The fourth-order valence-electron chi connectivity index (χ4n) is 3.11. The van der Waals surface area contributed by atoms with E-state index in [1.807, 2.05) is 37.3 Å². The Balaban J connectivity index is 1.46. The van der Waals surface area contributed by atoms with Crippen molar-refractivity contribution in [1.82, 2.24) is 14.6 Å². The van der Waals surface area contributed by atoms with Crippen molar-refractivity contribution in [2.75, 3.05) is 24.8 Å². The lowest BCUT2D eigenvalue weighted by atomic mass is 10.1. The molecular formula is C23H21ClN4O3S. The number of thioether (sulfide) groups is 1. The van der Waals surface area contributed by atoms with Crippen molar-refractivity contribution in [2.45, 2.75) is 11.9 Å². The minimum absolute atomic E-state index is 0.161. The number of halogens is 1. The average Bonchev–Trinajstić information content (AvgIpc) is 3.23. The van der Waals surface area contributed by atoms with Gasteiger partial charge in [0.1, 0.15) is 16.5 Å². The number of hydrogen-bond donors (Lipinski definition) is 1. The van der Waals surface area contributed by atoms with E-state index in [0.29, 0.717) is 23.1 Å². The summed E-state index contributed by atoms with van der Waals surface area (Å²) in [6.45, 7) is 2.58. The van der Waals surface area contributed by atoms with E-state index in [0.717, 1.165) is 27.5 Å². The van der Waals surface area contributed by atoms with Gasteiger partial charge < -0.3 is 14.8 Å². The summed E-state index contributed by atoms with van der Waals surface area (Å²) >= 11 is 7.47. The third-order valence-electron chi connectivity index (χ3n) is 4.59. The number of carbonyl (C=O) groups excluding carboxylic acids is 1. The van der Waals surface area contributed by atoms with E-state index in [9.17, 15) is 4.79 Å². The van der Waals surface area contributed by atoms with Gasteiger partial charge in [-0.25, -0.2) is 9.50 Å². The number of aromatic nitrogens is 3. The number of amides is 1. The number of nitrogens with zero attached hydrogens (tertiary/aromatic N) is 3. The van der Waals surface area contributed by atoms with Crippen molar-refractivity contribution >= 4 is 40.5 Å². The number of ether oxygens (including phenoxy) is 2. The molecule has 1 amide bonds. The number of benzene rings is 2. The number of rotatable bonds is 8. The molecule has 0 fully saturated rings. The highest BCUT2D eigenvalue weighted by Gasteiger charge is 2.12. The molecule has 4 rings (SSSR count). The molecule has 2 aromatic heterocycles. The first-order chi connectivity index (χ1) is 15.6. The number of fused-ring (bicyclic) bond motifs is 1. The highest BCUT2D eigenvalue weighted by molar-refractivity contribution is 8.00. The van der Waals surface area contributed by atoms with Crippen LogP contribution in [0.15, 0.2) is 66.0 Å². The fourth-order valence-corrected chi connectivity index (χ4v) is 4.15. The minimum atomic E-state index is -0.161. The normalized spacial score (nSPS) is 10.8. The maximum absolute atomic E-state index is 12.4. The lowest BCUT2D eigenvalue weighted by Gasteiger charge is -2.08. The third kappa shape index (κ3) is 4.98. The van der Waals surface area contributed by atoms with Crippen LogP contribution in [0.2, 0.25) is 5.02 Å². The fraction of sp³-hybridized carbons (Fsp3) is 0.174. The topological polar surface area (TPSA) is 77.8 Å². The number of nitrogens with one attached hydrogen (secondary N) is 1. The van der Waals surface area contributed by atoms with Crippen LogP contribution in [0.25, 0.3) is 16.8 Å². The van der Waals surface area contributed by atoms with Crippen molar-refractivity contribution in [3.8, 4) is 22.8 Å². The van der Waals surface area contributed by atoms with Crippen LogP contribution in [0.5, 0.6) is 11.5 Å². The van der Waals surface area contributed by atoms with Crippen LogP contribution < -0.4 is 14.8 Å². The van der Waals surface area contributed by atoms with E-state index in [1.165, 1.54) is 11.8 Å². The Labute approximate surface area is 194 Å². The number of methoxy groups -OCH3 is 1. The molecule has 0 aliphatic rings. The van der Waals surface area contributed by atoms with E-state index >= 15 is 0 Å². The first-order valence-electron chi connectivity index (χ1n) is 9.91. The standard InChI is InChI=1S/C23H21ClN4O3S/c1-3-31-17-7-4-15(5-8-17)19-13-20-23(25-10-11-28(20)27-19)32-14-22(29)26-16-6-9-21(30-2)18(24)12-16/h4-13H,3,14H2,1-2H3,(H,26,29). The van der Waals surface area contributed by atoms with Gasteiger partial charge in [0.05, 0.1) is 35.7 Å². The molecule has 0 unspecified atom stereocenters. The Morgan fingerprint density at radius 2 is 2.00 bits per heavy atom. The van der Waals surface area contributed by atoms with Gasteiger partial charge in [0.15, 0.2) is 0 Å². The summed E-state index contributed by atoms with van der Waals surface area (Å²) in [4.78, 5) is 16.9. The second-order valence-corrected chi connectivity index (χ2v) is 8.11. The predicted molar refractivity (Wildman–Crippen MR) is 127 cm³/mol. The smallest absolute Gasteiger partial charge is 0.234 e. The van der Waals surface area contributed by atoms with Gasteiger partial charge in [-0.3, -0.25) is 4.79 Å². The molecule has 4 aromatic rings. The zero-order chi connectivity index (χ0) is 22.5. The molecule has 0 radical (unpaired) electrons. The van der Waals surface area contributed by atoms with Crippen molar-refractivity contribution in [3.05, 3.63) is 65.9 Å². The van der Waals surface area contributed by atoms with Crippen LogP contribution in [-0.2, 0) is 4.79 Å².